The lowest BCUT2D eigenvalue weighted by Gasteiger charge is -2.22. The summed E-state index contributed by atoms with van der Waals surface area (Å²) in [6, 6.07) is 0.183. The standard InChI is InChI=1S/C12H23N5O2/c1-5-19-11-16-9(13)15-10(17-11)14-7-8(18)6-12(2,3)4/h8,18H,5-7H2,1-4H3,(H3,13,14,15,16,17). The number of nitrogens with two attached hydrogens (primary N) is 1. The van der Waals surface area contributed by atoms with E-state index < -0.39 is 6.10 Å². The molecule has 0 bridgehead atoms. The van der Waals surface area contributed by atoms with Crippen LogP contribution in [0.4, 0.5) is 11.9 Å². The van der Waals surface area contributed by atoms with Crippen molar-refractivity contribution < 1.29 is 9.84 Å². The normalized spacial score (nSPS) is 13.1. The second kappa shape index (κ2) is 6.51. The molecule has 0 aliphatic carbocycles. The molecule has 19 heavy (non-hydrogen) atoms. The van der Waals surface area contributed by atoms with Gasteiger partial charge in [0.25, 0.3) is 0 Å². The van der Waals surface area contributed by atoms with Crippen LogP contribution in [0.15, 0.2) is 0 Å². The molecule has 0 amide bonds. The van der Waals surface area contributed by atoms with Gasteiger partial charge in [-0.2, -0.15) is 15.0 Å². The second-order valence-electron chi connectivity index (χ2n) is 5.53. The smallest absolute Gasteiger partial charge is 0.323 e. The van der Waals surface area contributed by atoms with Gasteiger partial charge < -0.3 is 20.9 Å². The number of nitrogens with zero attached hydrogens (tertiary/aromatic N) is 3. The summed E-state index contributed by atoms with van der Waals surface area (Å²) < 4.78 is 5.17. The Morgan fingerprint density at radius 2 is 2.00 bits per heavy atom. The van der Waals surface area contributed by atoms with E-state index in [1.54, 1.807) is 0 Å². The Kier molecular flexibility index (Phi) is 5.29. The molecular weight excluding hydrogens is 246 g/mol. The molecule has 0 radical (unpaired) electrons. The summed E-state index contributed by atoms with van der Waals surface area (Å²) in [7, 11) is 0. The monoisotopic (exact) mass is 269 g/mol. The third kappa shape index (κ3) is 6.19. The van der Waals surface area contributed by atoms with Crippen molar-refractivity contribution >= 4 is 11.9 Å². The van der Waals surface area contributed by atoms with Crippen molar-refractivity contribution in [2.24, 2.45) is 5.41 Å². The minimum absolute atomic E-state index is 0.0652. The average Bonchev–Trinajstić information content (AvgIpc) is 2.24. The van der Waals surface area contributed by atoms with Gasteiger partial charge in [-0.3, -0.25) is 0 Å². The molecule has 0 saturated heterocycles. The number of nitrogens with one attached hydrogen (secondary N) is 1. The largest absolute Gasteiger partial charge is 0.464 e. The summed E-state index contributed by atoms with van der Waals surface area (Å²) in [5, 5.41) is 12.8. The zero-order valence-electron chi connectivity index (χ0n) is 12.0. The molecule has 0 spiro atoms. The maximum atomic E-state index is 9.89. The molecule has 4 N–H and O–H groups in total. The van der Waals surface area contributed by atoms with Crippen molar-refractivity contribution in [1.29, 1.82) is 0 Å². The Morgan fingerprint density at radius 1 is 1.32 bits per heavy atom. The molecular formula is C12H23N5O2. The van der Waals surface area contributed by atoms with Crippen LogP contribution in [0, 0.1) is 5.41 Å². The lowest BCUT2D eigenvalue weighted by Crippen LogP contribution is -2.26. The maximum Gasteiger partial charge on any atom is 0.323 e. The van der Waals surface area contributed by atoms with Crippen molar-refractivity contribution in [2.45, 2.75) is 40.2 Å². The second-order valence-corrected chi connectivity index (χ2v) is 5.53. The molecule has 0 saturated carbocycles. The quantitative estimate of drug-likeness (QED) is 0.709. The molecule has 1 aromatic heterocycles. The molecule has 1 unspecified atom stereocenters. The van der Waals surface area contributed by atoms with E-state index in [0.29, 0.717) is 25.5 Å². The molecule has 108 valence electrons. The summed E-state index contributed by atoms with van der Waals surface area (Å²) in [4.78, 5) is 11.8. The van der Waals surface area contributed by atoms with Crippen molar-refractivity contribution in [1.82, 2.24) is 15.0 Å². The summed E-state index contributed by atoms with van der Waals surface area (Å²) in [5.74, 6) is 0.398. The first-order valence-electron chi connectivity index (χ1n) is 6.36. The van der Waals surface area contributed by atoms with Gasteiger partial charge in [-0.15, -0.1) is 0 Å². The van der Waals surface area contributed by atoms with Gasteiger partial charge >= 0.3 is 6.01 Å². The molecule has 7 heteroatoms. The van der Waals surface area contributed by atoms with Gasteiger partial charge in [0.2, 0.25) is 11.9 Å². The highest BCUT2D eigenvalue weighted by Crippen LogP contribution is 2.20. The Hall–Kier alpha value is -1.63. The van der Waals surface area contributed by atoms with Crippen molar-refractivity contribution in [3.8, 4) is 6.01 Å². The van der Waals surface area contributed by atoms with E-state index in [1.807, 2.05) is 6.92 Å². The maximum absolute atomic E-state index is 9.89. The third-order valence-electron chi connectivity index (χ3n) is 2.25. The number of aromatic nitrogens is 3. The van der Waals surface area contributed by atoms with E-state index in [4.69, 9.17) is 10.5 Å². The van der Waals surface area contributed by atoms with Crippen molar-refractivity contribution in [2.75, 3.05) is 24.2 Å². The summed E-state index contributed by atoms with van der Waals surface area (Å²) >= 11 is 0. The fraction of sp³-hybridized carbons (Fsp3) is 0.750. The number of aliphatic hydroxyl groups is 1. The number of aliphatic hydroxyl groups excluding tert-OH is 1. The van der Waals surface area contributed by atoms with Gasteiger partial charge in [-0.05, 0) is 18.8 Å². The van der Waals surface area contributed by atoms with E-state index in [1.165, 1.54) is 0 Å². The molecule has 0 aliphatic heterocycles. The summed E-state index contributed by atoms with van der Waals surface area (Å²) in [6.45, 7) is 8.86. The van der Waals surface area contributed by atoms with E-state index >= 15 is 0 Å². The Bertz CT molecular complexity index is 406. The van der Waals surface area contributed by atoms with Gasteiger partial charge in [0.05, 0.1) is 12.7 Å². The van der Waals surface area contributed by atoms with Crippen molar-refractivity contribution in [3.63, 3.8) is 0 Å². The molecule has 0 aliphatic rings. The Morgan fingerprint density at radius 3 is 2.58 bits per heavy atom. The van der Waals surface area contributed by atoms with Crippen LogP contribution in [-0.2, 0) is 0 Å². The molecule has 1 atom stereocenters. The minimum Gasteiger partial charge on any atom is -0.464 e. The van der Waals surface area contributed by atoms with Gasteiger partial charge in [-0.1, -0.05) is 20.8 Å². The predicted molar refractivity (Wildman–Crippen MR) is 74.0 cm³/mol. The van der Waals surface area contributed by atoms with Crippen LogP contribution in [0.5, 0.6) is 6.01 Å². The highest BCUT2D eigenvalue weighted by molar-refractivity contribution is 5.32. The summed E-state index contributed by atoms with van der Waals surface area (Å²) in [5.41, 5.74) is 5.62. The fourth-order valence-corrected chi connectivity index (χ4v) is 1.63. The zero-order valence-corrected chi connectivity index (χ0v) is 12.0. The number of hydrogen-bond acceptors (Lipinski definition) is 7. The molecule has 1 heterocycles. The Balaban J connectivity index is 2.57. The van der Waals surface area contributed by atoms with E-state index in [9.17, 15) is 5.11 Å². The van der Waals surface area contributed by atoms with E-state index in [2.05, 4.69) is 41.0 Å². The molecule has 7 nitrogen and oxygen atoms in total. The van der Waals surface area contributed by atoms with Crippen LogP contribution >= 0.6 is 0 Å². The van der Waals surface area contributed by atoms with Crippen LogP contribution < -0.4 is 15.8 Å². The van der Waals surface area contributed by atoms with Crippen LogP contribution in [0.25, 0.3) is 0 Å². The first-order chi connectivity index (χ1) is 8.80. The van der Waals surface area contributed by atoms with E-state index in [0.717, 1.165) is 0 Å². The average molecular weight is 269 g/mol. The topological polar surface area (TPSA) is 106 Å². The fourth-order valence-electron chi connectivity index (χ4n) is 1.63. The predicted octanol–water partition coefficient (Wildman–Crippen LogP) is 1.06. The highest BCUT2D eigenvalue weighted by Gasteiger charge is 2.17. The van der Waals surface area contributed by atoms with Crippen LogP contribution in [0.3, 0.4) is 0 Å². The third-order valence-corrected chi connectivity index (χ3v) is 2.25. The lowest BCUT2D eigenvalue weighted by molar-refractivity contribution is 0.132. The molecule has 1 rings (SSSR count). The number of anilines is 2. The van der Waals surface area contributed by atoms with E-state index in [-0.39, 0.29) is 17.4 Å². The number of nitrogen functional groups attached to an aromatic ring is 1. The highest BCUT2D eigenvalue weighted by atomic mass is 16.5. The number of ether oxygens (including phenoxy) is 1. The van der Waals surface area contributed by atoms with Crippen molar-refractivity contribution in [3.05, 3.63) is 0 Å². The van der Waals surface area contributed by atoms with Gasteiger partial charge in [0, 0.05) is 6.54 Å². The SMILES string of the molecule is CCOc1nc(N)nc(NCC(O)CC(C)(C)C)n1. The van der Waals surface area contributed by atoms with Gasteiger partial charge in [0.1, 0.15) is 0 Å². The van der Waals surface area contributed by atoms with Gasteiger partial charge in [-0.25, -0.2) is 0 Å². The first kappa shape index (κ1) is 15.4. The zero-order chi connectivity index (χ0) is 14.5. The van der Waals surface area contributed by atoms with Crippen LogP contribution in [0.2, 0.25) is 0 Å². The van der Waals surface area contributed by atoms with Crippen LogP contribution in [0.1, 0.15) is 34.1 Å². The molecule has 0 aromatic carbocycles. The van der Waals surface area contributed by atoms with Crippen LogP contribution in [-0.4, -0.2) is 39.3 Å². The number of rotatable bonds is 6. The first-order valence-corrected chi connectivity index (χ1v) is 6.36. The van der Waals surface area contributed by atoms with Gasteiger partial charge in [0.15, 0.2) is 0 Å². The summed E-state index contributed by atoms with van der Waals surface area (Å²) in [6.07, 6.45) is 0.201. The number of hydrogen-bond donors (Lipinski definition) is 3. The molecule has 0 fully saturated rings. The Labute approximate surface area is 113 Å². The minimum atomic E-state index is -0.478. The lowest BCUT2D eigenvalue weighted by atomic mass is 9.89. The molecule has 1 aromatic rings.